The first kappa shape index (κ1) is 20.7. The van der Waals surface area contributed by atoms with Crippen LogP contribution in [0.1, 0.15) is 27.2 Å². The van der Waals surface area contributed by atoms with Crippen molar-refractivity contribution in [1.82, 2.24) is 10.6 Å². The molecular weight excluding hydrogens is 376 g/mol. The van der Waals surface area contributed by atoms with Gasteiger partial charge in [0.25, 0.3) is 17.5 Å². The van der Waals surface area contributed by atoms with E-state index in [0.29, 0.717) is 0 Å². The van der Waals surface area contributed by atoms with Crippen LogP contribution in [-0.2, 0) is 33.3 Å². The van der Waals surface area contributed by atoms with Gasteiger partial charge in [-0.25, -0.2) is 4.79 Å². The summed E-state index contributed by atoms with van der Waals surface area (Å²) in [5.74, 6) is -3.88. The Kier molecular flexibility index (Phi) is 4.79. The molecule has 28 heavy (non-hydrogen) atoms. The van der Waals surface area contributed by atoms with Gasteiger partial charge >= 0.3 is 5.97 Å². The summed E-state index contributed by atoms with van der Waals surface area (Å²) in [7, 11) is 1.13. The summed E-state index contributed by atoms with van der Waals surface area (Å²) < 4.78 is 21.4. The van der Waals surface area contributed by atoms with Crippen molar-refractivity contribution in [2.45, 2.75) is 56.1 Å². The van der Waals surface area contributed by atoms with E-state index in [2.05, 4.69) is 15.4 Å². The van der Waals surface area contributed by atoms with E-state index in [9.17, 15) is 24.6 Å². The molecule has 4 aliphatic rings. The van der Waals surface area contributed by atoms with E-state index in [1.54, 1.807) is 13.8 Å². The summed E-state index contributed by atoms with van der Waals surface area (Å²) in [6, 6.07) is 0. The Balaban J connectivity index is 1.97. The Bertz CT molecular complexity index is 751. The number of carbonyl (C=O) groups is 3. The lowest BCUT2D eigenvalue weighted by molar-refractivity contribution is -0.240. The van der Waals surface area contributed by atoms with E-state index in [4.69, 9.17) is 14.2 Å². The number of fused-ring (bicyclic) bond motifs is 5. The van der Waals surface area contributed by atoms with E-state index in [0.717, 1.165) is 13.2 Å². The fourth-order valence-electron chi connectivity index (χ4n) is 3.61. The summed E-state index contributed by atoms with van der Waals surface area (Å²) in [6.45, 7) is 4.56. The van der Waals surface area contributed by atoms with Crippen molar-refractivity contribution >= 4 is 17.8 Å². The number of hydrogen-bond donors (Lipinski definition) is 4. The number of esters is 1. The largest absolute Gasteiger partial charge is 0.466 e. The first-order valence-corrected chi connectivity index (χ1v) is 8.71. The van der Waals surface area contributed by atoms with Crippen molar-refractivity contribution in [3.8, 4) is 0 Å². The number of piperazine rings is 1. The Labute approximate surface area is 160 Å². The predicted octanol–water partition coefficient (Wildman–Crippen LogP) is -1.96. The van der Waals surface area contributed by atoms with Crippen LogP contribution in [0.15, 0.2) is 11.6 Å². The van der Waals surface area contributed by atoms with Crippen LogP contribution >= 0.6 is 0 Å². The maximum Gasteiger partial charge on any atom is 0.330 e. The number of aliphatic hydroxyl groups excluding tert-OH is 1. The first-order valence-electron chi connectivity index (χ1n) is 8.71. The Morgan fingerprint density at radius 3 is 2.46 bits per heavy atom. The molecule has 11 nitrogen and oxygen atoms in total. The first-order chi connectivity index (χ1) is 12.9. The average molecular weight is 400 g/mol. The highest BCUT2D eigenvalue weighted by atomic mass is 16.8. The second kappa shape index (κ2) is 6.49. The molecule has 2 amide bonds. The van der Waals surface area contributed by atoms with Crippen LogP contribution in [-0.4, -0.2) is 77.3 Å². The van der Waals surface area contributed by atoms with Crippen LogP contribution in [0.3, 0.4) is 0 Å². The summed E-state index contributed by atoms with van der Waals surface area (Å²) in [6.07, 6.45) is -0.829. The molecule has 11 heteroatoms. The lowest BCUT2D eigenvalue weighted by atomic mass is 9.84. The third kappa shape index (κ3) is 3.08. The minimum atomic E-state index is -2.48. The Morgan fingerprint density at radius 2 is 1.89 bits per heavy atom. The van der Waals surface area contributed by atoms with E-state index in [1.165, 1.54) is 6.92 Å². The van der Waals surface area contributed by atoms with Gasteiger partial charge in [0.05, 0.1) is 20.3 Å². The van der Waals surface area contributed by atoms with Crippen molar-refractivity contribution < 1.29 is 43.5 Å². The molecule has 0 aliphatic carbocycles. The SMILES string of the molecule is COC(=O)/C=C1\CCO[C@]2([C@H](O)[C@]3(C)COC(C)(C)O3)NC(=O)[C@@]1(O)NC2=O. The van der Waals surface area contributed by atoms with Crippen LogP contribution in [0, 0.1) is 0 Å². The molecule has 4 atom stereocenters. The van der Waals surface area contributed by atoms with Crippen LogP contribution in [0.25, 0.3) is 0 Å². The average Bonchev–Trinajstić information content (AvgIpc) is 2.90. The summed E-state index contributed by atoms with van der Waals surface area (Å²) in [5.41, 5.74) is -6.18. The zero-order valence-electron chi connectivity index (χ0n) is 16.0. The molecule has 4 rings (SSSR count). The molecule has 2 bridgehead atoms. The monoisotopic (exact) mass is 400 g/mol. The number of hydrogen-bond acceptors (Lipinski definition) is 9. The number of aliphatic hydroxyl groups is 2. The van der Waals surface area contributed by atoms with Crippen molar-refractivity contribution in [3.05, 3.63) is 11.6 Å². The van der Waals surface area contributed by atoms with Crippen LogP contribution in [0.5, 0.6) is 0 Å². The van der Waals surface area contributed by atoms with E-state index < -0.39 is 46.7 Å². The molecule has 0 saturated carbocycles. The number of ether oxygens (including phenoxy) is 4. The molecule has 4 saturated heterocycles. The molecular formula is C17H24N2O9. The molecule has 4 N–H and O–H groups in total. The maximum atomic E-state index is 12.9. The number of rotatable bonds is 3. The van der Waals surface area contributed by atoms with E-state index in [-0.39, 0.29) is 25.2 Å². The zero-order valence-corrected chi connectivity index (χ0v) is 16.0. The number of nitrogens with one attached hydrogen (secondary N) is 2. The van der Waals surface area contributed by atoms with E-state index >= 15 is 0 Å². The summed E-state index contributed by atoms with van der Waals surface area (Å²) >= 11 is 0. The molecule has 4 heterocycles. The van der Waals surface area contributed by atoms with Gasteiger partial charge in [0, 0.05) is 11.6 Å². The second-order valence-corrected chi connectivity index (χ2v) is 7.65. The molecule has 156 valence electrons. The smallest absolute Gasteiger partial charge is 0.330 e. The van der Waals surface area contributed by atoms with Gasteiger partial charge in [-0.05, 0) is 27.2 Å². The molecule has 4 fully saturated rings. The standard InChI is InChI=1S/C17H24N2O9/c1-14(2)27-8-15(3,28-14)11(21)17-13(23)18-16(24,12(22)19-17)9(5-6-26-17)7-10(20)25-4/h7,11,21,24H,5-6,8H2,1-4H3,(H,18,23)(H,19,22)/b9-7+/t11-,15+,16-,17+/m1/s1. The van der Waals surface area contributed by atoms with E-state index in [1.807, 2.05) is 0 Å². The third-order valence-corrected chi connectivity index (χ3v) is 5.07. The van der Waals surface area contributed by atoms with Crippen LogP contribution < -0.4 is 10.6 Å². The quantitative estimate of drug-likeness (QED) is 0.312. The van der Waals surface area contributed by atoms with Crippen molar-refractivity contribution in [3.63, 3.8) is 0 Å². The number of carbonyl (C=O) groups excluding carboxylic acids is 3. The van der Waals surface area contributed by atoms with Crippen molar-refractivity contribution in [2.75, 3.05) is 20.3 Å². The maximum absolute atomic E-state index is 12.9. The van der Waals surface area contributed by atoms with Crippen molar-refractivity contribution in [1.29, 1.82) is 0 Å². The van der Waals surface area contributed by atoms with Crippen LogP contribution in [0.4, 0.5) is 0 Å². The highest BCUT2D eigenvalue weighted by Crippen LogP contribution is 2.40. The number of amides is 2. The fourth-order valence-corrected chi connectivity index (χ4v) is 3.61. The molecule has 0 aromatic heterocycles. The zero-order chi connectivity index (χ0) is 21.0. The highest BCUT2D eigenvalue weighted by Gasteiger charge is 2.65. The summed E-state index contributed by atoms with van der Waals surface area (Å²) in [5, 5.41) is 26.2. The molecule has 0 aromatic carbocycles. The minimum Gasteiger partial charge on any atom is -0.466 e. The Hall–Kier alpha value is -2.05. The predicted molar refractivity (Wildman–Crippen MR) is 90.2 cm³/mol. The van der Waals surface area contributed by atoms with Crippen molar-refractivity contribution in [2.24, 2.45) is 0 Å². The minimum absolute atomic E-state index is 0.0623. The number of methoxy groups -OCH3 is 1. The molecule has 0 spiro atoms. The van der Waals surface area contributed by atoms with Gasteiger partial charge in [0.1, 0.15) is 11.7 Å². The topological polar surface area (TPSA) is 153 Å². The molecule has 4 aliphatic heterocycles. The third-order valence-electron chi connectivity index (χ3n) is 5.07. The molecule has 0 unspecified atom stereocenters. The van der Waals surface area contributed by atoms with Gasteiger partial charge < -0.3 is 39.8 Å². The van der Waals surface area contributed by atoms with Gasteiger partial charge in [-0.15, -0.1) is 0 Å². The second-order valence-electron chi connectivity index (χ2n) is 7.65. The van der Waals surface area contributed by atoms with Gasteiger partial charge in [0.15, 0.2) is 5.79 Å². The lowest BCUT2D eigenvalue weighted by Crippen LogP contribution is -2.82. The summed E-state index contributed by atoms with van der Waals surface area (Å²) in [4.78, 5) is 37.2. The normalized spacial score (nSPS) is 39.7. The Morgan fingerprint density at radius 1 is 1.21 bits per heavy atom. The van der Waals surface area contributed by atoms with Gasteiger partial charge in [-0.3, -0.25) is 9.59 Å². The molecule has 0 aromatic rings. The highest BCUT2D eigenvalue weighted by molar-refractivity contribution is 6.03. The molecule has 0 radical (unpaired) electrons. The van der Waals surface area contributed by atoms with Gasteiger partial charge in [-0.2, -0.15) is 0 Å². The van der Waals surface area contributed by atoms with Crippen LogP contribution in [0.2, 0.25) is 0 Å². The fraction of sp³-hybridized carbons (Fsp3) is 0.706. The van der Waals surface area contributed by atoms with Gasteiger partial charge in [-0.1, -0.05) is 0 Å². The van der Waals surface area contributed by atoms with Gasteiger partial charge in [0.2, 0.25) is 5.72 Å². The lowest BCUT2D eigenvalue weighted by Gasteiger charge is -2.50.